The number of nitrogens with two attached hydrogens (primary N) is 1. The molecule has 20 heavy (non-hydrogen) atoms. The smallest absolute Gasteiger partial charge is 0.125 e. The van der Waals surface area contributed by atoms with E-state index >= 15 is 0 Å². The lowest BCUT2D eigenvalue weighted by Crippen LogP contribution is -2.18. The second-order valence-electron chi connectivity index (χ2n) is 5.64. The van der Waals surface area contributed by atoms with Crippen molar-refractivity contribution in [3.05, 3.63) is 23.3 Å². The number of hydrogen-bond acceptors (Lipinski definition) is 4. The monoisotopic (exact) mass is 277 g/mol. The van der Waals surface area contributed by atoms with Crippen molar-refractivity contribution in [2.45, 2.75) is 38.9 Å². The fourth-order valence-corrected chi connectivity index (χ4v) is 3.18. The first-order chi connectivity index (χ1) is 9.72. The quantitative estimate of drug-likeness (QED) is 0.918. The Bertz CT molecular complexity index is 489. The van der Waals surface area contributed by atoms with Crippen molar-refractivity contribution >= 4 is 0 Å². The molecule has 3 rings (SSSR count). The first kappa shape index (κ1) is 13.7. The van der Waals surface area contributed by atoms with Crippen LogP contribution in [0.25, 0.3) is 0 Å². The highest BCUT2D eigenvalue weighted by molar-refractivity contribution is 5.50. The lowest BCUT2D eigenvalue weighted by molar-refractivity contribution is 0.0893. The van der Waals surface area contributed by atoms with Gasteiger partial charge in [0.1, 0.15) is 17.6 Å². The summed E-state index contributed by atoms with van der Waals surface area (Å²) in [6, 6.07) is 4.22. The van der Waals surface area contributed by atoms with Crippen molar-refractivity contribution in [3.8, 4) is 11.5 Å². The maximum absolute atomic E-state index is 5.90. The first-order valence-corrected chi connectivity index (χ1v) is 7.50. The second-order valence-corrected chi connectivity index (χ2v) is 5.64. The largest absolute Gasteiger partial charge is 0.493 e. The van der Waals surface area contributed by atoms with Gasteiger partial charge in [0.2, 0.25) is 0 Å². The van der Waals surface area contributed by atoms with Crippen LogP contribution in [0.4, 0.5) is 0 Å². The molecule has 2 heterocycles. The Kier molecular flexibility index (Phi) is 3.85. The van der Waals surface area contributed by atoms with Gasteiger partial charge in [-0.2, -0.15) is 0 Å². The topological polar surface area (TPSA) is 53.7 Å². The maximum Gasteiger partial charge on any atom is 0.125 e. The number of hydrogen-bond donors (Lipinski definition) is 1. The second kappa shape index (κ2) is 5.62. The minimum atomic E-state index is 0.0337. The third-order valence-corrected chi connectivity index (χ3v) is 4.15. The predicted molar refractivity (Wildman–Crippen MR) is 77.3 cm³/mol. The van der Waals surface area contributed by atoms with Gasteiger partial charge in [0.05, 0.1) is 12.7 Å². The average molecular weight is 277 g/mol. The number of fused-ring (bicyclic) bond motifs is 1. The molecule has 0 radical (unpaired) electrons. The van der Waals surface area contributed by atoms with Crippen LogP contribution in [-0.4, -0.2) is 25.9 Å². The van der Waals surface area contributed by atoms with Gasteiger partial charge in [0.15, 0.2) is 0 Å². The third kappa shape index (κ3) is 2.38. The molecule has 3 atom stereocenters. The van der Waals surface area contributed by atoms with Crippen LogP contribution in [0.1, 0.15) is 37.5 Å². The minimum Gasteiger partial charge on any atom is -0.493 e. The molecule has 1 aromatic carbocycles. The first-order valence-electron chi connectivity index (χ1n) is 7.50. The molecule has 3 unspecified atom stereocenters. The molecule has 0 aliphatic carbocycles. The van der Waals surface area contributed by atoms with Crippen LogP contribution < -0.4 is 15.2 Å². The molecule has 2 aliphatic heterocycles. The van der Waals surface area contributed by atoms with Crippen LogP contribution in [0.3, 0.4) is 0 Å². The zero-order valence-corrected chi connectivity index (χ0v) is 12.2. The third-order valence-electron chi connectivity index (χ3n) is 4.15. The van der Waals surface area contributed by atoms with Crippen molar-refractivity contribution in [2.75, 3.05) is 19.8 Å². The summed E-state index contributed by atoms with van der Waals surface area (Å²) < 4.78 is 17.6. The highest BCUT2D eigenvalue weighted by Crippen LogP contribution is 2.43. The zero-order valence-electron chi connectivity index (χ0n) is 12.2. The van der Waals surface area contributed by atoms with E-state index in [0.717, 1.165) is 36.5 Å². The Morgan fingerprint density at radius 3 is 3.00 bits per heavy atom. The Hall–Kier alpha value is -1.26. The fraction of sp³-hybridized carbons (Fsp3) is 0.625. The molecule has 0 saturated carbocycles. The predicted octanol–water partition coefficient (Wildman–Crippen LogP) is 2.45. The van der Waals surface area contributed by atoms with Gasteiger partial charge in [0, 0.05) is 30.1 Å². The summed E-state index contributed by atoms with van der Waals surface area (Å²) in [4.78, 5) is 0. The summed E-state index contributed by atoms with van der Waals surface area (Å²) in [6.45, 7) is 6.17. The molecule has 1 saturated heterocycles. The number of ether oxygens (including phenoxy) is 3. The highest BCUT2D eigenvalue weighted by Gasteiger charge is 2.33. The van der Waals surface area contributed by atoms with Crippen LogP contribution in [0.15, 0.2) is 12.1 Å². The molecule has 0 bridgehead atoms. The molecule has 0 spiro atoms. The van der Waals surface area contributed by atoms with Crippen molar-refractivity contribution in [2.24, 2.45) is 11.7 Å². The summed E-state index contributed by atoms with van der Waals surface area (Å²) >= 11 is 0. The Morgan fingerprint density at radius 1 is 1.40 bits per heavy atom. The lowest BCUT2D eigenvalue weighted by Gasteiger charge is -2.21. The lowest BCUT2D eigenvalue weighted by atomic mass is 9.93. The average Bonchev–Trinajstić information content (AvgIpc) is 3.02. The van der Waals surface area contributed by atoms with E-state index in [2.05, 4.69) is 19.1 Å². The van der Waals surface area contributed by atoms with Gasteiger partial charge in [-0.3, -0.25) is 0 Å². The molecule has 4 nitrogen and oxygen atoms in total. The summed E-state index contributed by atoms with van der Waals surface area (Å²) in [5.41, 5.74) is 8.19. The Labute approximate surface area is 120 Å². The molecule has 0 aromatic heterocycles. The summed E-state index contributed by atoms with van der Waals surface area (Å²) in [6.07, 6.45) is 2.23. The van der Waals surface area contributed by atoms with Crippen molar-refractivity contribution in [3.63, 3.8) is 0 Å². The Balaban J connectivity index is 1.98. The van der Waals surface area contributed by atoms with Crippen LogP contribution in [0, 0.1) is 5.92 Å². The standard InChI is InChI=1S/C16H23NO3/c1-3-18-15-7-12-6-10(2)20-14(12)8-13(15)16-11(9-17)4-5-19-16/h7-8,10-11,16H,3-6,9,17H2,1-2H3. The fourth-order valence-electron chi connectivity index (χ4n) is 3.18. The molecular weight excluding hydrogens is 254 g/mol. The number of rotatable bonds is 4. The van der Waals surface area contributed by atoms with Gasteiger partial charge in [-0.25, -0.2) is 0 Å². The van der Waals surface area contributed by atoms with E-state index in [0.29, 0.717) is 19.1 Å². The van der Waals surface area contributed by atoms with Crippen LogP contribution >= 0.6 is 0 Å². The Morgan fingerprint density at radius 2 is 2.25 bits per heavy atom. The number of benzene rings is 1. The molecule has 1 fully saturated rings. The molecule has 2 aliphatic rings. The molecular formula is C16H23NO3. The van der Waals surface area contributed by atoms with E-state index in [4.69, 9.17) is 19.9 Å². The minimum absolute atomic E-state index is 0.0337. The van der Waals surface area contributed by atoms with Crippen LogP contribution in [0.2, 0.25) is 0 Å². The molecule has 2 N–H and O–H groups in total. The van der Waals surface area contributed by atoms with Crippen molar-refractivity contribution < 1.29 is 14.2 Å². The molecule has 0 amide bonds. The molecule has 4 heteroatoms. The summed E-state index contributed by atoms with van der Waals surface area (Å²) in [7, 11) is 0. The van der Waals surface area contributed by atoms with E-state index < -0.39 is 0 Å². The summed E-state index contributed by atoms with van der Waals surface area (Å²) in [5, 5.41) is 0. The van der Waals surface area contributed by atoms with Gasteiger partial charge in [-0.1, -0.05) is 0 Å². The van der Waals surface area contributed by atoms with E-state index in [1.54, 1.807) is 0 Å². The zero-order chi connectivity index (χ0) is 14.1. The van der Waals surface area contributed by atoms with Crippen molar-refractivity contribution in [1.82, 2.24) is 0 Å². The van der Waals surface area contributed by atoms with Crippen molar-refractivity contribution in [1.29, 1.82) is 0 Å². The van der Waals surface area contributed by atoms with Gasteiger partial charge < -0.3 is 19.9 Å². The van der Waals surface area contributed by atoms with Gasteiger partial charge in [0.25, 0.3) is 0 Å². The van der Waals surface area contributed by atoms with E-state index in [1.807, 2.05) is 6.92 Å². The van der Waals surface area contributed by atoms with Gasteiger partial charge in [-0.05, 0) is 38.9 Å². The van der Waals surface area contributed by atoms with Crippen LogP contribution in [-0.2, 0) is 11.2 Å². The van der Waals surface area contributed by atoms with E-state index in [-0.39, 0.29) is 12.2 Å². The highest BCUT2D eigenvalue weighted by atomic mass is 16.5. The van der Waals surface area contributed by atoms with Gasteiger partial charge in [-0.15, -0.1) is 0 Å². The van der Waals surface area contributed by atoms with Crippen LogP contribution in [0.5, 0.6) is 11.5 Å². The summed E-state index contributed by atoms with van der Waals surface area (Å²) in [5.74, 6) is 2.27. The van der Waals surface area contributed by atoms with Gasteiger partial charge >= 0.3 is 0 Å². The normalized spacial score (nSPS) is 28.2. The molecule has 1 aromatic rings. The van der Waals surface area contributed by atoms with E-state index in [1.165, 1.54) is 5.56 Å². The maximum atomic E-state index is 5.90. The SMILES string of the molecule is CCOc1cc2c(cc1C1OCCC1CN)OC(C)C2. The molecule has 110 valence electrons. The van der Waals surface area contributed by atoms with E-state index in [9.17, 15) is 0 Å².